The fourth-order valence-electron chi connectivity index (χ4n) is 1.74. The number of hydrogen-bond donors (Lipinski definition) is 2. The summed E-state index contributed by atoms with van der Waals surface area (Å²) in [4.78, 5) is 4.36. The zero-order valence-corrected chi connectivity index (χ0v) is 12.0. The molecule has 0 saturated heterocycles. The second-order valence-corrected chi connectivity index (χ2v) is 5.13. The van der Waals surface area contributed by atoms with Crippen LogP contribution in [0.2, 0.25) is 0 Å². The molecule has 2 aromatic carbocycles. The standard InChI is InChI=1S/C15H14BrNO2/c1-10(13-4-2-3-5-15(13)19)17-9-11-8-12(16)6-7-14(11)18/h2-10,18-19H,1H3. The minimum atomic E-state index is -0.181. The van der Waals surface area contributed by atoms with Crippen molar-refractivity contribution in [2.24, 2.45) is 4.99 Å². The molecule has 0 aromatic heterocycles. The summed E-state index contributed by atoms with van der Waals surface area (Å²) in [5.41, 5.74) is 1.39. The highest BCUT2D eigenvalue weighted by atomic mass is 79.9. The summed E-state index contributed by atoms with van der Waals surface area (Å²) in [7, 11) is 0. The molecule has 0 heterocycles. The highest BCUT2D eigenvalue weighted by Gasteiger charge is 2.07. The van der Waals surface area contributed by atoms with Crippen LogP contribution in [0.4, 0.5) is 0 Å². The first-order valence-electron chi connectivity index (χ1n) is 5.87. The third-order valence-corrected chi connectivity index (χ3v) is 3.31. The lowest BCUT2D eigenvalue weighted by atomic mass is 10.1. The first-order chi connectivity index (χ1) is 9.08. The molecule has 19 heavy (non-hydrogen) atoms. The molecule has 4 heteroatoms. The Labute approximate surface area is 120 Å². The predicted molar refractivity (Wildman–Crippen MR) is 79.9 cm³/mol. The van der Waals surface area contributed by atoms with E-state index in [1.807, 2.05) is 19.1 Å². The van der Waals surface area contributed by atoms with Crippen molar-refractivity contribution in [2.45, 2.75) is 13.0 Å². The van der Waals surface area contributed by atoms with E-state index >= 15 is 0 Å². The van der Waals surface area contributed by atoms with Gasteiger partial charge in [-0.15, -0.1) is 0 Å². The van der Waals surface area contributed by atoms with E-state index in [9.17, 15) is 10.2 Å². The number of para-hydroxylation sites is 1. The van der Waals surface area contributed by atoms with Gasteiger partial charge < -0.3 is 10.2 Å². The van der Waals surface area contributed by atoms with Gasteiger partial charge in [0.2, 0.25) is 0 Å². The average molecular weight is 320 g/mol. The van der Waals surface area contributed by atoms with Gasteiger partial charge in [-0.2, -0.15) is 0 Å². The molecule has 0 radical (unpaired) electrons. The summed E-state index contributed by atoms with van der Waals surface area (Å²) < 4.78 is 0.877. The molecule has 98 valence electrons. The lowest BCUT2D eigenvalue weighted by Crippen LogP contribution is -1.92. The van der Waals surface area contributed by atoms with E-state index < -0.39 is 0 Å². The molecule has 3 nitrogen and oxygen atoms in total. The second kappa shape index (κ2) is 5.89. The molecule has 0 aliphatic carbocycles. The smallest absolute Gasteiger partial charge is 0.124 e. The SMILES string of the molecule is CC(N=Cc1cc(Br)ccc1O)c1ccccc1O. The van der Waals surface area contributed by atoms with Gasteiger partial charge in [-0.25, -0.2) is 0 Å². The Morgan fingerprint density at radius 2 is 1.84 bits per heavy atom. The van der Waals surface area contributed by atoms with Crippen LogP contribution in [-0.4, -0.2) is 16.4 Å². The summed E-state index contributed by atoms with van der Waals surface area (Å²) in [6, 6.07) is 12.1. The molecule has 0 spiro atoms. The lowest BCUT2D eigenvalue weighted by molar-refractivity contribution is 0.464. The number of aliphatic imine (C=N–C) groups is 1. The van der Waals surface area contributed by atoms with Crippen molar-refractivity contribution in [3.8, 4) is 11.5 Å². The molecule has 0 aliphatic heterocycles. The van der Waals surface area contributed by atoms with E-state index in [-0.39, 0.29) is 17.5 Å². The second-order valence-electron chi connectivity index (χ2n) is 4.22. The van der Waals surface area contributed by atoms with E-state index in [1.165, 1.54) is 0 Å². The number of rotatable bonds is 3. The molecule has 0 aliphatic rings. The maximum absolute atomic E-state index is 9.75. The monoisotopic (exact) mass is 319 g/mol. The Bertz CT molecular complexity index is 611. The normalized spacial score (nSPS) is 12.7. The van der Waals surface area contributed by atoms with Crippen LogP contribution in [0.25, 0.3) is 0 Å². The molecule has 1 atom stereocenters. The highest BCUT2D eigenvalue weighted by molar-refractivity contribution is 9.10. The number of halogens is 1. The molecule has 0 fully saturated rings. The van der Waals surface area contributed by atoms with E-state index in [1.54, 1.807) is 36.5 Å². The van der Waals surface area contributed by atoms with Crippen LogP contribution in [0, 0.1) is 0 Å². The number of benzene rings is 2. The van der Waals surface area contributed by atoms with E-state index in [0.29, 0.717) is 5.56 Å². The first kappa shape index (κ1) is 13.6. The zero-order chi connectivity index (χ0) is 13.8. The molecule has 2 aromatic rings. The van der Waals surface area contributed by atoms with Crippen LogP contribution in [0.3, 0.4) is 0 Å². The van der Waals surface area contributed by atoms with Gasteiger partial charge in [0.1, 0.15) is 11.5 Å². The Morgan fingerprint density at radius 3 is 2.58 bits per heavy atom. The Balaban J connectivity index is 2.23. The van der Waals surface area contributed by atoms with Gasteiger partial charge in [0.25, 0.3) is 0 Å². The number of phenolic OH excluding ortho intramolecular Hbond substituents is 2. The maximum Gasteiger partial charge on any atom is 0.124 e. The van der Waals surface area contributed by atoms with E-state index in [0.717, 1.165) is 10.0 Å². The Morgan fingerprint density at radius 1 is 1.11 bits per heavy atom. The van der Waals surface area contributed by atoms with Crippen LogP contribution >= 0.6 is 15.9 Å². The van der Waals surface area contributed by atoms with Crippen LogP contribution < -0.4 is 0 Å². The first-order valence-corrected chi connectivity index (χ1v) is 6.67. The van der Waals surface area contributed by atoms with Crippen molar-refractivity contribution >= 4 is 22.1 Å². The van der Waals surface area contributed by atoms with Gasteiger partial charge >= 0.3 is 0 Å². The van der Waals surface area contributed by atoms with Gasteiger partial charge in [-0.1, -0.05) is 34.1 Å². The van der Waals surface area contributed by atoms with Gasteiger partial charge in [0.05, 0.1) is 6.04 Å². The van der Waals surface area contributed by atoms with Gasteiger partial charge in [0.15, 0.2) is 0 Å². The van der Waals surface area contributed by atoms with Crippen LogP contribution in [0.1, 0.15) is 24.1 Å². The number of nitrogens with zero attached hydrogens (tertiary/aromatic N) is 1. The number of phenols is 2. The molecule has 0 saturated carbocycles. The van der Waals surface area contributed by atoms with Crippen molar-refractivity contribution in [3.05, 3.63) is 58.1 Å². The fraction of sp³-hybridized carbons (Fsp3) is 0.133. The summed E-state index contributed by atoms with van der Waals surface area (Å²) in [6.45, 7) is 1.89. The maximum atomic E-state index is 9.75. The summed E-state index contributed by atoms with van der Waals surface area (Å²) >= 11 is 3.35. The molecular formula is C15H14BrNO2. The molecule has 0 amide bonds. The third kappa shape index (κ3) is 3.35. The molecule has 2 rings (SSSR count). The minimum absolute atomic E-state index is 0.177. The zero-order valence-electron chi connectivity index (χ0n) is 10.4. The summed E-state index contributed by atoms with van der Waals surface area (Å²) in [6.07, 6.45) is 1.61. The molecule has 1 unspecified atom stereocenters. The van der Waals surface area contributed by atoms with Gasteiger partial charge in [-0.3, -0.25) is 4.99 Å². The Hall–Kier alpha value is -1.81. The van der Waals surface area contributed by atoms with Crippen molar-refractivity contribution < 1.29 is 10.2 Å². The quantitative estimate of drug-likeness (QED) is 0.839. The van der Waals surface area contributed by atoms with E-state index in [2.05, 4.69) is 20.9 Å². The summed E-state index contributed by atoms with van der Waals surface area (Å²) in [5.74, 6) is 0.405. The highest BCUT2D eigenvalue weighted by Crippen LogP contribution is 2.26. The van der Waals surface area contributed by atoms with Crippen molar-refractivity contribution in [1.29, 1.82) is 0 Å². The lowest BCUT2D eigenvalue weighted by Gasteiger charge is -2.08. The molecular weight excluding hydrogens is 306 g/mol. The predicted octanol–water partition coefficient (Wildman–Crippen LogP) is 4.04. The molecule has 2 N–H and O–H groups in total. The van der Waals surface area contributed by atoms with Crippen molar-refractivity contribution in [3.63, 3.8) is 0 Å². The number of aromatic hydroxyl groups is 2. The largest absolute Gasteiger partial charge is 0.508 e. The van der Waals surface area contributed by atoms with E-state index in [4.69, 9.17) is 0 Å². The number of hydrogen-bond acceptors (Lipinski definition) is 3. The Kier molecular flexibility index (Phi) is 4.22. The average Bonchev–Trinajstić information content (AvgIpc) is 2.40. The van der Waals surface area contributed by atoms with Crippen LogP contribution in [-0.2, 0) is 0 Å². The fourth-order valence-corrected chi connectivity index (χ4v) is 2.12. The van der Waals surface area contributed by atoms with Crippen molar-refractivity contribution in [1.82, 2.24) is 0 Å². The van der Waals surface area contributed by atoms with Crippen LogP contribution in [0.15, 0.2) is 51.9 Å². The van der Waals surface area contributed by atoms with Crippen molar-refractivity contribution in [2.75, 3.05) is 0 Å². The summed E-state index contributed by atoms with van der Waals surface area (Å²) in [5, 5.41) is 19.5. The van der Waals surface area contributed by atoms with Crippen LogP contribution in [0.5, 0.6) is 11.5 Å². The minimum Gasteiger partial charge on any atom is -0.508 e. The molecule has 0 bridgehead atoms. The van der Waals surface area contributed by atoms with Gasteiger partial charge in [0, 0.05) is 21.8 Å². The topological polar surface area (TPSA) is 52.8 Å². The van der Waals surface area contributed by atoms with Gasteiger partial charge in [-0.05, 0) is 31.2 Å². The third-order valence-electron chi connectivity index (χ3n) is 2.81.